The molecule has 1 N–H and O–H groups in total. The van der Waals surface area contributed by atoms with E-state index in [9.17, 15) is 14.2 Å². The van der Waals surface area contributed by atoms with Crippen molar-refractivity contribution in [2.24, 2.45) is 0 Å². The van der Waals surface area contributed by atoms with E-state index in [1.807, 2.05) is 0 Å². The van der Waals surface area contributed by atoms with Crippen LogP contribution in [0.1, 0.15) is 17.4 Å². The summed E-state index contributed by atoms with van der Waals surface area (Å²) in [5, 5.41) is 0. The summed E-state index contributed by atoms with van der Waals surface area (Å²) in [4.78, 5) is 25.7. The number of rotatable bonds is 5. The minimum atomic E-state index is -3.81. The highest BCUT2D eigenvalue weighted by Crippen LogP contribution is 2.55. The molecular formula is C18H19N2O8P. The highest BCUT2D eigenvalue weighted by atomic mass is 31.2. The van der Waals surface area contributed by atoms with Crippen molar-refractivity contribution in [2.45, 2.75) is 25.9 Å². The Morgan fingerprint density at radius 1 is 1.31 bits per heavy atom. The van der Waals surface area contributed by atoms with Crippen LogP contribution in [0, 0.1) is 6.92 Å². The molecule has 0 fully saturated rings. The van der Waals surface area contributed by atoms with Gasteiger partial charge in [0.1, 0.15) is 17.6 Å². The Kier molecular flexibility index (Phi) is 5.18. The molecule has 0 saturated heterocycles. The second-order valence-corrected chi connectivity index (χ2v) is 8.10. The molecule has 11 heteroatoms. The highest BCUT2D eigenvalue weighted by molar-refractivity contribution is 7.49. The number of benzene rings is 1. The Labute approximate surface area is 165 Å². The van der Waals surface area contributed by atoms with Crippen molar-refractivity contribution in [3.8, 4) is 11.5 Å². The first-order valence-electron chi connectivity index (χ1n) is 8.78. The van der Waals surface area contributed by atoms with Crippen LogP contribution < -0.4 is 20.5 Å². The number of aryl methyl sites for hydroxylation is 1. The predicted molar refractivity (Wildman–Crippen MR) is 101 cm³/mol. The van der Waals surface area contributed by atoms with Crippen molar-refractivity contribution in [3.05, 3.63) is 68.5 Å². The SMILES string of the molecule is COc1ccc2c(c1)COP(=O)(OC[C@@H]1C=C[C@H](n3cc(C)c(=O)[nH]c3=O)O1)O2. The van der Waals surface area contributed by atoms with Crippen LogP contribution in [0.5, 0.6) is 11.5 Å². The molecule has 0 saturated carbocycles. The summed E-state index contributed by atoms with van der Waals surface area (Å²) >= 11 is 0. The van der Waals surface area contributed by atoms with Crippen molar-refractivity contribution in [3.63, 3.8) is 0 Å². The van der Waals surface area contributed by atoms with Gasteiger partial charge in [0, 0.05) is 17.3 Å². The van der Waals surface area contributed by atoms with Crippen LogP contribution in [-0.4, -0.2) is 29.4 Å². The first kappa shape index (κ1) is 19.7. The molecule has 154 valence electrons. The van der Waals surface area contributed by atoms with Crippen LogP contribution in [0.15, 0.2) is 46.1 Å². The van der Waals surface area contributed by atoms with Crippen molar-refractivity contribution in [2.75, 3.05) is 13.7 Å². The standard InChI is InChI=1S/C18H19N2O8P/c1-11-8-20(18(22)19-17(11)21)16-6-4-14(27-16)10-26-29(23)25-9-12-7-13(24-2)3-5-15(12)28-29/h3-8,14,16H,9-10H2,1-2H3,(H,19,21,22)/t14-,16+,29?/m0/s1. The molecule has 0 spiro atoms. The van der Waals surface area contributed by atoms with Gasteiger partial charge in [0.05, 0.1) is 20.3 Å². The molecule has 10 nitrogen and oxygen atoms in total. The van der Waals surface area contributed by atoms with E-state index >= 15 is 0 Å². The molecule has 3 atom stereocenters. The highest BCUT2D eigenvalue weighted by Gasteiger charge is 2.36. The molecule has 3 heterocycles. The van der Waals surface area contributed by atoms with Gasteiger partial charge >= 0.3 is 13.5 Å². The lowest BCUT2D eigenvalue weighted by atomic mass is 10.2. The molecule has 2 aliphatic rings. The average molecular weight is 422 g/mol. The molecule has 1 unspecified atom stereocenters. The second-order valence-electron chi connectivity index (χ2n) is 6.51. The van der Waals surface area contributed by atoms with Gasteiger partial charge in [-0.05, 0) is 31.2 Å². The van der Waals surface area contributed by atoms with Crippen LogP contribution in [0.3, 0.4) is 0 Å². The lowest BCUT2D eigenvalue weighted by molar-refractivity contribution is -0.0130. The molecule has 1 aromatic carbocycles. The second kappa shape index (κ2) is 7.64. The maximum atomic E-state index is 12.7. The number of hydrogen-bond donors (Lipinski definition) is 1. The van der Waals surface area contributed by atoms with E-state index < -0.39 is 31.4 Å². The first-order valence-corrected chi connectivity index (χ1v) is 10.2. The minimum Gasteiger partial charge on any atom is -0.497 e. The third-order valence-corrected chi connectivity index (χ3v) is 5.81. The zero-order chi connectivity index (χ0) is 20.6. The zero-order valence-electron chi connectivity index (χ0n) is 15.7. The Balaban J connectivity index is 1.38. The first-order chi connectivity index (χ1) is 13.9. The summed E-state index contributed by atoms with van der Waals surface area (Å²) in [6.07, 6.45) is 3.45. The molecule has 0 aliphatic carbocycles. The number of nitrogens with one attached hydrogen (secondary N) is 1. The van der Waals surface area contributed by atoms with Crippen LogP contribution >= 0.6 is 7.82 Å². The Morgan fingerprint density at radius 3 is 2.93 bits per heavy atom. The van der Waals surface area contributed by atoms with Crippen LogP contribution in [0.4, 0.5) is 0 Å². The lowest BCUT2D eigenvalue weighted by Crippen LogP contribution is -2.33. The van der Waals surface area contributed by atoms with Gasteiger partial charge in [-0.15, -0.1) is 0 Å². The smallest absolute Gasteiger partial charge is 0.497 e. The number of aromatic nitrogens is 2. The van der Waals surface area contributed by atoms with Gasteiger partial charge in [-0.2, -0.15) is 0 Å². The van der Waals surface area contributed by atoms with Crippen molar-refractivity contribution >= 4 is 7.82 Å². The summed E-state index contributed by atoms with van der Waals surface area (Å²) < 4.78 is 40.9. The Bertz CT molecular complexity index is 1120. The number of phosphoric ester groups is 1. The van der Waals surface area contributed by atoms with Gasteiger partial charge in [-0.25, -0.2) is 9.36 Å². The Hall–Kier alpha value is -2.65. The van der Waals surface area contributed by atoms with Crippen LogP contribution in [0.25, 0.3) is 0 Å². The summed E-state index contributed by atoms with van der Waals surface area (Å²) in [7, 11) is -2.26. The van der Waals surface area contributed by atoms with E-state index in [2.05, 4.69) is 4.98 Å². The number of H-pyrrole nitrogens is 1. The molecule has 4 rings (SSSR count). The van der Waals surface area contributed by atoms with E-state index in [0.717, 1.165) is 0 Å². The topological polar surface area (TPSA) is 118 Å². The fourth-order valence-corrected chi connectivity index (χ4v) is 4.15. The van der Waals surface area contributed by atoms with E-state index in [1.165, 1.54) is 10.8 Å². The van der Waals surface area contributed by atoms with E-state index in [1.54, 1.807) is 44.4 Å². The van der Waals surface area contributed by atoms with Crippen molar-refractivity contribution in [1.82, 2.24) is 9.55 Å². The van der Waals surface area contributed by atoms with Crippen molar-refractivity contribution in [1.29, 1.82) is 0 Å². The van der Waals surface area contributed by atoms with E-state index in [4.69, 9.17) is 23.0 Å². The summed E-state index contributed by atoms with van der Waals surface area (Å²) in [6.45, 7) is 1.54. The molecular weight excluding hydrogens is 403 g/mol. The number of fused-ring (bicyclic) bond motifs is 1. The zero-order valence-corrected chi connectivity index (χ0v) is 16.6. The normalized spacial score (nSPS) is 25.4. The summed E-state index contributed by atoms with van der Waals surface area (Å²) in [6, 6.07) is 5.06. The third-order valence-electron chi connectivity index (χ3n) is 4.48. The number of phosphoric acid groups is 1. The number of methoxy groups -OCH3 is 1. The van der Waals surface area contributed by atoms with Gasteiger partial charge in [0.25, 0.3) is 5.56 Å². The van der Waals surface area contributed by atoms with Gasteiger partial charge in [-0.1, -0.05) is 6.08 Å². The number of ether oxygens (including phenoxy) is 2. The summed E-state index contributed by atoms with van der Waals surface area (Å²) in [5.41, 5.74) is 0.0423. The van der Waals surface area contributed by atoms with Crippen LogP contribution in [0.2, 0.25) is 0 Å². The largest absolute Gasteiger partial charge is 0.530 e. The number of hydrogen-bond acceptors (Lipinski definition) is 8. The maximum Gasteiger partial charge on any atom is 0.530 e. The minimum absolute atomic E-state index is 0.0554. The molecule has 0 radical (unpaired) electrons. The number of aromatic amines is 1. The van der Waals surface area contributed by atoms with Gasteiger partial charge < -0.3 is 14.0 Å². The average Bonchev–Trinajstić information content (AvgIpc) is 3.18. The molecule has 0 amide bonds. The molecule has 1 aromatic heterocycles. The number of nitrogens with zero attached hydrogens (tertiary/aromatic N) is 1. The Morgan fingerprint density at radius 2 is 2.14 bits per heavy atom. The molecule has 0 bridgehead atoms. The summed E-state index contributed by atoms with van der Waals surface area (Å²) in [5.74, 6) is 1.04. The third kappa shape index (κ3) is 4.06. The molecule has 2 aromatic rings. The predicted octanol–water partition coefficient (Wildman–Crippen LogP) is 2.04. The quantitative estimate of drug-likeness (QED) is 0.575. The molecule has 2 aliphatic heterocycles. The van der Waals surface area contributed by atoms with Gasteiger partial charge in [0.15, 0.2) is 6.23 Å². The lowest BCUT2D eigenvalue weighted by Gasteiger charge is -2.26. The van der Waals surface area contributed by atoms with Crippen LogP contribution in [-0.2, 0) is 25.0 Å². The van der Waals surface area contributed by atoms with Crippen molar-refractivity contribution < 1.29 is 27.6 Å². The van der Waals surface area contributed by atoms with E-state index in [-0.39, 0.29) is 13.2 Å². The maximum absolute atomic E-state index is 12.7. The monoisotopic (exact) mass is 422 g/mol. The fourth-order valence-electron chi connectivity index (χ4n) is 2.93. The fraction of sp³-hybridized carbons (Fsp3) is 0.333. The van der Waals surface area contributed by atoms with Gasteiger partial charge in [-0.3, -0.25) is 23.4 Å². The van der Waals surface area contributed by atoms with Gasteiger partial charge in [0.2, 0.25) is 0 Å². The van der Waals surface area contributed by atoms with E-state index in [0.29, 0.717) is 22.6 Å². The molecule has 29 heavy (non-hydrogen) atoms.